The van der Waals surface area contributed by atoms with Gasteiger partial charge in [-0.3, -0.25) is 9.48 Å². The lowest BCUT2D eigenvalue weighted by atomic mass is 10.1. The monoisotopic (exact) mass is 229 g/mol. The van der Waals surface area contributed by atoms with E-state index < -0.39 is 0 Å². The molecule has 0 fully saturated rings. The largest absolute Gasteiger partial charge is 0.321 e. The summed E-state index contributed by atoms with van der Waals surface area (Å²) in [7, 11) is 1.75. The first-order valence-electron chi connectivity index (χ1n) is 5.44. The van der Waals surface area contributed by atoms with Crippen molar-refractivity contribution in [2.24, 2.45) is 7.05 Å². The molecule has 1 heterocycles. The summed E-state index contributed by atoms with van der Waals surface area (Å²) >= 11 is 0. The lowest BCUT2D eigenvalue weighted by Gasteiger charge is -2.07. The predicted molar refractivity (Wildman–Crippen MR) is 67.1 cm³/mol. The number of rotatable bonds is 2. The standard InChI is InChI=1S/C13H15N3O/c1-9-6-10(2)8-11(7-9)15-13(17)12-4-5-14-16(12)3/h4-8H,1-3H3,(H,15,17). The third-order valence-corrected chi connectivity index (χ3v) is 2.53. The van der Waals surface area contributed by atoms with Crippen LogP contribution in [0.5, 0.6) is 0 Å². The fourth-order valence-corrected chi connectivity index (χ4v) is 1.84. The number of hydrogen-bond donors (Lipinski definition) is 1. The number of anilines is 1. The van der Waals surface area contributed by atoms with E-state index >= 15 is 0 Å². The van der Waals surface area contributed by atoms with Crippen LogP contribution in [0.2, 0.25) is 0 Å². The van der Waals surface area contributed by atoms with Crippen LogP contribution in [0.3, 0.4) is 0 Å². The Hall–Kier alpha value is -2.10. The number of aryl methyl sites for hydroxylation is 3. The summed E-state index contributed by atoms with van der Waals surface area (Å²) in [6.45, 7) is 4.01. The molecule has 1 aromatic heterocycles. The van der Waals surface area contributed by atoms with Gasteiger partial charge < -0.3 is 5.32 Å². The molecule has 4 nitrogen and oxygen atoms in total. The summed E-state index contributed by atoms with van der Waals surface area (Å²) in [5.74, 6) is -0.144. The smallest absolute Gasteiger partial charge is 0.273 e. The molecule has 0 aliphatic rings. The van der Waals surface area contributed by atoms with Gasteiger partial charge in [-0.1, -0.05) is 6.07 Å². The number of carbonyl (C=O) groups is 1. The van der Waals surface area contributed by atoms with E-state index in [0.29, 0.717) is 5.69 Å². The zero-order valence-corrected chi connectivity index (χ0v) is 10.2. The molecular formula is C13H15N3O. The van der Waals surface area contributed by atoms with E-state index in [9.17, 15) is 4.79 Å². The van der Waals surface area contributed by atoms with Gasteiger partial charge in [0.25, 0.3) is 5.91 Å². The lowest BCUT2D eigenvalue weighted by molar-refractivity contribution is 0.101. The zero-order valence-electron chi connectivity index (χ0n) is 10.2. The number of carbonyl (C=O) groups excluding carboxylic acids is 1. The van der Waals surface area contributed by atoms with Gasteiger partial charge in [0.1, 0.15) is 5.69 Å². The molecule has 4 heteroatoms. The van der Waals surface area contributed by atoms with E-state index in [1.165, 1.54) is 0 Å². The number of amides is 1. The predicted octanol–water partition coefficient (Wildman–Crippen LogP) is 2.29. The molecule has 1 aromatic carbocycles. The summed E-state index contributed by atoms with van der Waals surface area (Å²) in [6.07, 6.45) is 1.61. The van der Waals surface area contributed by atoms with Crippen molar-refractivity contribution in [3.05, 3.63) is 47.3 Å². The van der Waals surface area contributed by atoms with Crippen LogP contribution in [0.15, 0.2) is 30.5 Å². The molecule has 17 heavy (non-hydrogen) atoms. The van der Waals surface area contributed by atoms with Gasteiger partial charge in [0.05, 0.1) is 0 Å². The van der Waals surface area contributed by atoms with E-state index in [2.05, 4.69) is 16.5 Å². The van der Waals surface area contributed by atoms with Gasteiger partial charge in [-0.25, -0.2) is 0 Å². The summed E-state index contributed by atoms with van der Waals surface area (Å²) in [5.41, 5.74) is 3.62. The Bertz CT molecular complexity index is 537. The Morgan fingerprint density at radius 1 is 1.24 bits per heavy atom. The van der Waals surface area contributed by atoms with Crippen LogP contribution in [0.4, 0.5) is 5.69 Å². The third-order valence-electron chi connectivity index (χ3n) is 2.53. The molecule has 2 aromatic rings. The minimum absolute atomic E-state index is 0.144. The molecular weight excluding hydrogens is 214 g/mol. The van der Waals surface area contributed by atoms with E-state index in [1.54, 1.807) is 24.0 Å². The van der Waals surface area contributed by atoms with Crippen molar-refractivity contribution in [3.63, 3.8) is 0 Å². The highest BCUT2D eigenvalue weighted by Gasteiger charge is 2.10. The SMILES string of the molecule is Cc1cc(C)cc(NC(=O)c2ccnn2C)c1. The van der Waals surface area contributed by atoms with Crippen LogP contribution in [0.1, 0.15) is 21.6 Å². The van der Waals surface area contributed by atoms with E-state index in [4.69, 9.17) is 0 Å². The lowest BCUT2D eigenvalue weighted by Crippen LogP contribution is -2.16. The first-order chi connectivity index (χ1) is 8.06. The van der Waals surface area contributed by atoms with Crippen LogP contribution in [0.25, 0.3) is 0 Å². The molecule has 88 valence electrons. The van der Waals surface area contributed by atoms with Gasteiger partial charge in [0.2, 0.25) is 0 Å². The van der Waals surface area contributed by atoms with Crippen molar-refractivity contribution in [3.8, 4) is 0 Å². The van der Waals surface area contributed by atoms with Crippen LogP contribution in [-0.4, -0.2) is 15.7 Å². The summed E-state index contributed by atoms with van der Waals surface area (Å²) in [4.78, 5) is 11.9. The van der Waals surface area contributed by atoms with Gasteiger partial charge in [0.15, 0.2) is 0 Å². The number of benzene rings is 1. The van der Waals surface area contributed by atoms with Gasteiger partial charge in [-0.15, -0.1) is 0 Å². The van der Waals surface area contributed by atoms with Crippen molar-refractivity contribution >= 4 is 11.6 Å². The van der Waals surface area contributed by atoms with E-state index in [-0.39, 0.29) is 5.91 Å². The van der Waals surface area contributed by atoms with Crippen molar-refractivity contribution in [2.45, 2.75) is 13.8 Å². The second kappa shape index (κ2) is 4.41. The summed E-state index contributed by atoms with van der Waals surface area (Å²) in [5, 5.41) is 6.84. The number of nitrogens with one attached hydrogen (secondary N) is 1. The maximum atomic E-state index is 11.9. The van der Waals surface area contributed by atoms with Crippen molar-refractivity contribution < 1.29 is 4.79 Å². The minimum atomic E-state index is -0.144. The van der Waals surface area contributed by atoms with Crippen molar-refractivity contribution in [1.82, 2.24) is 9.78 Å². The quantitative estimate of drug-likeness (QED) is 0.858. The second-order valence-corrected chi connectivity index (χ2v) is 4.17. The Morgan fingerprint density at radius 2 is 1.88 bits per heavy atom. The average Bonchev–Trinajstić information content (AvgIpc) is 2.62. The molecule has 1 N–H and O–H groups in total. The summed E-state index contributed by atoms with van der Waals surface area (Å²) in [6, 6.07) is 7.65. The minimum Gasteiger partial charge on any atom is -0.321 e. The Balaban J connectivity index is 2.21. The molecule has 0 spiro atoms. The van der Waals surface area contributed by atoms with Gasteiger partial charge in [0, 0.05) is 18.9 Å². The number of aromatic nitrogens is 2. The number of hydrogen-bond acceptors (Lipinski definition) is 2. The molecule has 0 saturated carbocycles. The molecule has 0 aliphatic carbocycles. The molecule has 0 saturated heterocycles. The van der Waals surface area contributed by atoms with Crippen LogP contribution >= 0.6 is 0 Å². The third kappa shape index (κ3) is 2.53. The number of nitrogens with zero attached hydrogens (tertiary/aromatic N) is 2. The Kier molecular flexibility index (Phi) is 2.95. The van der Waals surface area contributed by atoms with Gasteiger partial charge >= 0.3 is 0 Å². The van der Waals surface area contributed by atoms with Crippen molar-refractivity contribution in [2.75, 3.05) is 5.32 Å². The Morgan fingerprint density at radius 3 is 2.41 bits per heavy atom. The molecule has 0 bridgehead atoms. The van der Waals surface area contributed by atoms with Crippen LogP contribution < -0.4 is 5.32 Å². The van der Waals surface area contributed by atoms with E-state index in [1.807, 2.05) is 26.0 Å². The maximum absolute atomic E-state index is 11.9. The zero-order chi connectivity index (χ0) is 12.4. The molecule has 0 radical (unpaired) electrons. The Labute approximate surface area is 100 Å². The highest BCUT2D eigenvalue weighted by molar-refractivity contribution is 6.03. The molecule has 0 aliphatic heterocycles. The van der Waals surface area contributed by atoms with Crippen LogP contribution in [-0.2, 0) is 7.05 Å². The first-order valence-corrected chi connectivity index (χ1v) is 5.44. The molecule has 2 rings (SSSR count). The van der Waals surface area contributed by atoms with Gasteiger partial charge in [-0.05, 0) is 43.2 Å². The fourth-order valence-electron chi connectivity index (χ4n) is 1.84. The highest BCUT2D eigenvalue weighted by Crippen LogP contribution is 2.14. The molecule has 0 atom stereocenters. The van der Waals surface area contributed by atoms with Crippen molar-refractivity contribution in [1.29, 1.82) is 0 Å². The normalized spacial score (nSPS) is 10.3. The summed E-state index contributed by atoms with van der Waals surface area (Å²) < 4.78 is 1.55. The van der Waals surface area contributed by atoms with Gasteiger partial charge in [-0.2, -0.15) is 5.10 Å². The average molecular weight is 229 g/mol. The highest BCUT2D eigenvalue weighted by atomic mass is 16.2. The fraction of sp³-hybridized carbons (Fsp3) is 0.231. The molecule has 0 unspecified atom stereocenters. The molecule has 1 amide bonds. The maximum Gasteiger partial charge on any atom is 0.273 e. The van der Waals surface area contributed by atoms with Crippen LogP contribution in [0, 0.1) is 13.8 Å². The van der Waals surface area contributed by atoms with E-state index in [0.717, 1.165) is 16.8 Å². The second-order valence-electron chi connectivity index (χ2n) is 4.17. The first kappa shape index (κ1) is 11.4. The topological polar surface area (TPSA) is 46.9 Å².